The number of piperidine rings is 1. The van der Waals surface area contributed by atoms with Gasteiger partial charge in [0.25, 0.3) is 0 Å². The Labute approximate surface area is 209 Å². The number of hydrogen-bond donors (Lipinski definition) is 2. The van der Waals surface area contributed by atoms with Crippen LogP contribution in [0.3, 0.4) is 0 Å². The second-order valence-corrected chi connectivity index (χ2v) is 8.75. The lowest BCUT2D eigenvalue weighted by Gasteiger charge is -2.38. The van der Waals surface area contributed by atoms with Crippen molar-refractivity contribution in [2.45, 2.75) is 63.8 Å². The Kier molecular flexibility index (Phi) is 10.3. The molecule has 3 unspecified atom stereocenters. The molecular weight excluding hydrogens is 515 g/mol. The third-order valence-electron chi connectivity index (χ3n) is 6.30. The van der Waals surface area contributed by atoms with E-state index in [1.54, 1.807) is 6.26 Å². The summed E-state index contributed by atoms with van der Waals surface area (Å²) >= 11 is 0. The lowest BCUT2D eigenvalue weighted by molar-refractivity contribution is 0.117. The van der Waals surface area contributed by atoms with Crippen molar-refractivity contribution in [3.05, 3.63) is 60.1 Å². The molecule has 2 aliphatic heterocycles. The van der Waals surface area contributed by atoms with Gasteiger partial charge in [0.05, 0.1) is 18.9 Å². The molecule has 0 saturated carbocycles. The fraction of sp³-hybridized carbons (Fsp3) is 0.560. The zero-order valence-corrected chi connectivity index (χ0v) is 21.4. The number of nitrogens with one attached hydrogen (secondary N) is 2. The maximum absolute atomic E-state index is 5.76. The second kappa shape index (κ2) is 13.2. The molecule has 2 saturated heterocycles. The Bertz CT molecular complexity index is 794. The molecule has 3 heterocycles. The van der Waals surface area contributed by atoms with E-state index in [0.717, 1.165) is 76.6 Å². The highest BCUT2D eigenvalue weighted by molar-refractivity contribution is 14.0. The normalized spacial score (nSPS) is 24.2. The summed E-state index contributed by atoms with van der Waals surface area (Å²) in [5, 5.41) is 7.21. The first-order chi connectivity index (χ1) is 15.3. The Balaban J connectivity index is 0.00000289. The summed E-state index contributed by atoms with van der Waals surface area (Å²) in [6.45, 7) is 6.84. The van der Waals surface area contributed by atoms with Gasteiger partial charge in [0.1, 0.15) is 5.76 Å². The van der Waals surface area contributed by atoms with Crippen LogP contribution in [0.5, 0.6) is 0 Å². The van der Waals surface area contributed by atoms with Gasteiger partial charge in [-0.2, -0.15) is 0 Å². The van der Waals surface area contributed by atoms with E-state index in [0.29, 0.717) is 12.1 Å². The van der Waals surface area contributed by atoms with Gasteiger partial charge in [-0.25, -0.2) is 0 Å². The van der Waals surface area contributed by atoms with Crippen molar-refractivity contribution >= 4 is 29.9 Å². The highest BCUT2D eigenvalue weighted by atomic mass is 127. The van der Waals surface area contributed by atoms with Crippen molar-refractivity contribution in [2.75, 3.05) is 26.2 Å². The summed E-state index contributed by atoms with van der Waals surface area (Å²) in [4.78, 5) is 7.44. The van der Waals surface area contributed by atoms with Crippen LogP contribution in [0.4, 0.5) is 0 Å². The monoisotopic (exact) mass is 552 g/mol. The zero-order chi connectivity index (χ0) is 21.3. The quantitative estimate of drug-likeness (QED) is 0.292. The van der Waals surface area contributed by atoms with Crippen LogP contribution in [0, 0.1) is 0 Å². The average Bonchev–Trinajstić information content (AvgIpc) is 3.49. The number of furan rings is 1. The van der Waals surface area contributed by atoms with Gasteiger partial charge in [-0.15, -0.1) is 24.0 Å². The van der Waals surface area contributed by atoms with E-state index in [-0.39, 0.29) is 30.1 Å². The van der Waals surface area contributed by atoms with Crippen molar-refractivity contribution in [2.24, 2.45) is 4.99 Å². The number of ether oxygens (including phenoxy) is 1. The van der Waals surface area contributed by atoms with Crippen LogP contribution in [-0.4, -0.2) is 55.3 Å². The molecule has 2 aromatic rings. The maximum Gasteiger partial charge on any atom is 0.191 e. The van der Waals surface area contributed by atoms with Crippen molar-refractivity contribution < 1.29 is 9.15 Å². The fourth-order valence-electron chi connectivity index (χ4n) is 4.49. The van der Waals surface area contributed by atoms with Crippen molar-refractivity contribution in [1.82, 2.24) is 15.5 Å². The standard InChI is InChI=1S/C25H36N4O2.HI/c1-20-17-22(12-14-29(20)19-21-7-3-2-4-8-21)28-25(27-18-24-10-6-16-31-24)26-13-11-23-9-5-15-30-23;/h2-5,7-9,15,20,22,24H,6,10-14,16-19H2,1H3,(H2,26,27,28);1H. The Hall–Kier alpha value is -1.58. The van der Waals surface area contributed by atoms with E-state index in [9.17, 15) is 0 Å². The number of nitrogens with zero attached hydrogens (tertiary/aromatic N) is 2. The molecule has 0 amide bonds. The Morgan fingerprint density at radius 1 is 1.16 bits per heavy atom. The summed E-state index contributed by atoms with van der Waals surface area (Å²) < 4.78 is 11.2. The molecule has 2 fully saturated rings. The van der Waals surface area contributed by atoms with E-state index < -0.39 is 0 Å². The van der Waals surface area contributed by atoms with Crippen LogP contribution < -0.4 is 10.6 Å². The maximum atomic E-state index is 5.76. The molecule has 1 aromatic heterocycles. The molecule has 176 valence electrons. The fourth-order valence-corrected chi connectivity index (χ4v) is 4.49. The van der Waals surface area contributed by atoms with Gasteiger partial charge < -0.3 is 19.8 Å². The van der Waals surface area contributed by atoms with Crippen molar-refractivity contribution in [1.29, 1.82) is 0 Å². The first-order valence-electron chi connectivity index (χ1n) is 11.7. The molecule has 2 aliphatic rings. The van der Waals surface area contributed by atoms with Gasteiger partial charge in [0.2, 0.25) is 0 Å². The van der Waals surface area contributed by atoms with E-state index in [4.69, 9.17) is 14.1 Å². The molecule has 0 radical (unpaired) electrons. The smallest absolute Gasteiger partial charge is 0.191 e. The minimum absolute atomic E-state index is 0. The number of aliphatic imine (C=N–C) groups is 1. The molecule has 7 heteroatoms. The van der Waals surface area contributed by atoms with Crippen LogP contribution in [-0.2, 0) is 17.7 Å². The van der Waals surface area contributed by atoms with Crippen LogP contribution in [0.25, 0.3) is 0 Å². The predicted molar refractivity (Wildman–Crippen MR) is 140 cm³/mol. The number of benzene rings is 1. The van der Waals surface area contributed by atoms with Crippen molar-refractivity contribution in [3.63, 3.8) is 0 Å². The van der Waals surface area contributed by atoms with E-state index >= 15 is 0 Å². The SMILES string of the molecule is CC1CC(NC(=NCC2CCCO2)NCCc2ccco2)CCN1Cc1ccccc1.I. The molecule has 1 aromatic carbocycles. The first-order valence-corrected chi connectivity index (χ1v) is 11.7. The molecule has 3 atom stereocenters. The van der Waals surface area contributed by atoms with Gasteiger partial charge in [-0.05, 0) is 50.3 Å². The topological polar surface area (TPSA) is 62.0 Å². The summed E-state index contributed by atoms with van der Waals surface area (Å²) in [6, 6.07) is 15.7. The minimum atomic E-state index is 0. The molecule has 0 aliphatic carbocycles. The molecular formula is C25H37IN4O2. The predicted octanol–water partition coefficient (Wildman–Crippen LogP) is 4.21. The van der Waals surface area contributed by atoms with Gasteiger partial charge in [0.15, 0.2) is 5.96 Å². The number of hydrogen-bond acceptors (Lipinski definition) is 4. The van der Waals surface area contributed by atoms with Crippen molar-refractivity contribution in [3.8, 4) is 0 Å². The number of rotatable bonds is 8. The molecule has 32 heavy (non-hydrogen) atoms. The Morgan fingerprint density at radius 3 is 2.75 bits per heavy atom. The largest absolute Gasteiger partial charge is 0.469 e. The second-order valence-electron chi connectivity index (χ2n) is 8.75. The Morgan fingerprint density at radius 2 is 2.03 bits per heavy atom. The first kappa shape index (κ1) is 25.1. The summed E-state index contributed by atoms with van der Waals surface area (Å²) in [5.74, 6) is 1.89. The lowest BCUT2D eigenvalue weighted by atomic mass is 9.97. The van der Waals surface area contributed by atoms with E-state index in [2.05, 4.69) is 52.8 Å². The molecule has 2 N–H and O–H groups in total. The molecule has 0 bridgehead atoms. The number of halogens is 1. The number of guanidine groups is 1. The molecule has 6 nitrogen and oxygen atoms in total. The summed E-state index contributed by atoms with van der Waals surface area (Å²) in [7, 11) is 0. The zero-order valence-electron chi connectivity index (χ0n) is 19.0. The molecule has 0 spiro atoms. The van der Waals surface area contributed by atoms with Crippen LogP contribution in [0.1, 0.15) is 43.9 Å². The third-order valence-corrected chi connectivity index (χ3v) is 6.30. The van der Waals surface area contributed by atoms with E-state index in [1.165, 1.54) is 5.56 Å². The number of likely N-dealkylation sites (tertiary alicyclic amines) is 1. The highest BCUT2D eigenvalue weighted by Gasteiger charge is 2.26. The third kappa shape index (κ3) is 7.78. The van der Waals surface area contributed by atoms with Gasteiger partial charge in [0, 0.05) is 44.7 Å². The van der Waals surface area contributed by atoms with Crippen LogP contribution in [0.15, 0.2) is 58.1 Å². The molecule has 4 rings (SSSR count). The highest BCUT2D eigenvalue weighted by Crippen LogP contribution is 2.20. The van der Waals surface area contributed by atoms with Crippen LogP contribution >= 0.6 is 24.0 Å². The summed E-state index contributed by atoms with van der Waals surface area (Å²) in [5.41, 5.74) is 1.39. The average molecular weight is 553 g/mol. The van der Waals surface area contributed by atoms with Gasteiger partial charge in [-0.1, -0.05) is 30.3 Å². The minimum Gasteiger partial charge on any atom is -0.469 e. The summed E-state index contributed by atoms with van der Waals surface area (Å²) in [6.07, 6.45) is 7.33. The van der Waals surface area contributed by atoms with Crippen LogP contribution in [0.2, 0.25) is 0 Å². The van der Waals surface area contributed by atoms with Gasteiger partial charge >= 0.3 is 0 Å². The lowest BCUT2D eigenvalue weighted by Crippen LogP contribution is -2.51. The van der Waals surface area contributed by atoms with Gasteiger partial charge in [-0.3, -0.25) is 9.89 Å². The van der Waals surface area contributed by atoms with E-state index in [1.807, 2.05) is 12.1 Å².